The van der Waals surface area contributed by atoms with Crippen LogP contribution < -0.4 is 0 Å². The van der Waals surface area contributed by atoms with Crippen molar-refractivity contribution in [2.75, 3.05) is 39.3 Å². The molecule has 0 aliphatic carbocycles. The number of hydrogen-bond acceptors (Lipinski definition) is 5. The van der Waals surface area contributed by atoms with Gasteiger partial charge < -0.3 is 14.5 Å². The molecule has 1 aromatic heterocycles. The van der Waals surface area contributed by atoms with E-state index in [1.54, 1.807) is 6.07 Å². The van der Waals surface area contributed by atoms with E-state index < -0.39 is 0 Å². The highest BCUT2D eigenvalue weighted by Gasteiger charge is 2.35. The number of carbonyl (C=O) groups is 2. The van der Waals surface area contributed by atoms with Gasteiger partial charge in [-0.25, -0.2) is 0 Å². The van der Waals surface area contributed by atoms with Crippen LogP contribution in [0.5, 0.6) is 0 Å². The summed E-state index contributed by atoms with van der Waals surface area (Å²) in [5, 5.41) is 0. The van der Waals surface area contributed by atoms with Crippen molar-refractivity contribution < 1.29 is 14.3 Å². The van der Waals surface area contributed by atoms with Crippen LogP contribution >= 0.6 is 12.4 Å². The molecule has 3 aliphatic heterocycles. The van der Waals surface area contributed by atoms with E-state index >= 15 is 0 Å². The lowest BCUT2D eigenvalue weighted by Gasteiger charge is -2.34. The van der Waals surface area contributed by atoms with E-state index in [1.807, 2.05) is 46.3 Å². The van der Waals surface area contributed by atoms with Crippen LogP contribution in [0.2, 0.25) is 0 Å². The van der Waals surface area contributed by atoms with Crippen LogP contribution in [0.1, 0.15) is 44.8 Å². The van der Waals surface area contributed by atoms with Gasteiger partial charge in [-0.15, -0.1) is 12.4 Å². The number of nitrogens with zero attached hydrogens (tertiary/aromatic N) is 4. The molecule has 0 spiro atoms. The van der Waals surface area contributed by atoms with Crippen LogP contribution in [0.3, 0.4) is 0 Å². The van der Waals surface area contributed by atoms with E-state index in [0.29, 0.717) is 37.3 Å². The summed E-state index contributed by atoms with van der Waals surface area (Å²) in [7, 11) is 0. The van der Waals surface area contributed by atoms with E-state index in [1.165, 1.54) is 0 Å². The number of carbonyl (C=O) groups excluding carboxylic acids is 2. The highest BCUT2D eigenvalue weighted by Crippen LogP contribution is 2.28. The maximum atomic E-state index is 13.3. The predicted octanol–water partition coefficient (Wildman–Crippen LogP) is 2.60. The van der Waals surface area contributed by atoms with Gasteiger partial charge in [0.15, 0.2) is 0 Å². The van der Waals surface area contributed by atoms with Crippen molar-refractivity contribution in [1.82, 2.24) is 19.7 Å². The number of ether oxygens (including phenoxy) is 1. The number of aromatic nitrogens is 1. The van der Waals surface area contributed by atoms with Gasteiger partial charge in [-0.05, 0) is 36.6 Å². The van der Waals surface area contributed by atoms with Crippen molar-refractivity contribution >= 4 is 24.2 Å². The van der Waals surface area contributed by atoms with Crippen molar-refractivity contribution in [3.8, 4) is 0 Å². The number of halogens is 1. The molecule has 2 fully saturated rings. The topological polar surface area (TPSA) is 66.0 Å². The molecule has 2 saturated heterocycles. The van der Waals surface area contributed by atoms with E-state index in [2.05, 4.69) is 9.88 Å². The summed E-state index contributed by atoms with van der Waals surface area (Å²) in [4.78, 5) is 36.9. The van der Waals surface area contributed by atoms with Gasteiger partial charge in [0.25, 0.3) is 11.8 Å². The molecular formula is C24H29ClN4O3. The number of amides is 2. The lowest BCUT2D eigenvalue weighted by molar-refractivity contribution is 0.0538. The third-order valence-electron chi connectivity index (χ3n) is 6.46. The number of pyridine rings is 1. The molecule has 8 heteroatoms. The Hall–Kier alpha value is -2.48. The molecular weight excluding hydrogens is 428 g/mol. The zero-order valence-corrected chi connectivity index (χ0v) is 18.9. The minimum Gasteiger partial charge on any atom is -0.376 e. The Morgan fingerprint density at radius 3 is 2.66 bits per heavy atom. The van der Waals surface area contributed by atoms with Gasteiger partial charge >= 0.3 is 0 Å². The number of hydrogen-bond donors (Lipinski definition) is 0. The molecule has 0 bridgehead atoms. The van der Waals surface area contributed by atoms with E-state index in [0.717, 1.165) is 50.3 Å². The van der Waals surface area contributed by atoms with Crippen molar-refractivity contribution in [2.45, 2.75) is 32.0 Å². The Kier molecular flexibility index (Phi) is 7.08. The van der Waals surface area contributed by atoms with Crippen molar-refractivity contribution in [1.29, 1.82) is 0 Å². The van der Waals surface area contributed by atoms with Crippen LogP contribution in [0, 0.1) is 0 Å². The molecule has 1 atom stereocenters. The lowest BCUT2D eigenvalue weighted by atomic mass is 10.0. The maximum absolute atomic E-state index is 13.3. The number of piperazine rings is 1. The molecule has 32 heavy (non-hydrogen) atoms. The fraction of sp³-hybridized carbons (Fsp3) is 0.458. The van der Waals surface area contributed by atoms with Crippen LogP contribution in [0.4, 0.5) is 0 Å². The smallest absolute Gasteiger partial charge is 0.255 e. The van der Waals surface area contributed by atoms with Crippen LogP contribution in [0.15, 0.2) is 42.6 Å². The van der Waals surface area contributed by atoms with Crippen molar-refractivity contribution in [3.05, 3.63) is 65.0 Å². The van der Waals surface area contributed by atoms with Gasteiger partial charge in [-0.3, -0.25) is 19.5 Å². The van der Waals surface area contributed by atoms with Gasteiger partial charge in [0.05, 0.1) is 22.9 Å². The summed E-state index contributed by atoms with van der Waals surface area (Å²) < 4.78 is 5.71. The first-order valence-corrected chi connectivity index (χ1v) is 11.1. The van der Waals surface area contributed by atoms with Crippen molar-refractivity contribution in [2.24, 2.45) is 0 Å². The normalized spacial score (nSPS) is 20.9. The summed E-state index contributed by atoms with van der Waals surface area (Å²) in [5.74, 6) is -0.0788. The molecule has 3 aliphatic rings. The summed E-state index contributed by atoms with van der Waals surface area (Å²) in [6, 6.07) is 11.6. The summed E-state index contributed by atoms with van der Waals surface area (Å²) in [5.41, 5.74) is 3.11. The second kappa shape index (κ2) is 9.98. The average Bonchev–Trinajstić information content (AvgIpc) is 3.43. The molecule has 170 valence electrons. The van der Waals surface area contributed by atoms with Crippen LogP contribution in [-0.2, 0) is 17.8 Å². The van der Waals surface area contributed by atoms with E-state index in [-0.39, 0.29) is 30.3 Å². The van der Waals surface area contributed by atoms with Gasteiger partial charge in [0.1, 0.15) is 0 Å². The number of fused-ring (bicyclic) bond motifs is 1. The Morgan fingerprint density at radius 1 is 1.09 bits per heavy atom. The lowest BCUT2D eigenvalue weighted by Crippen LogP contribution is -2.48. The average molecular weight is 457 g/mol. The third-order valence-corrected chi connectivity index (χ3v) is 6.46. The first kappa shape index (κ1) is 22.7. The molecule has 7 nitrogen and oxygen atoms in total. The molecule has 1 unspecified atom stereocenters. The van der Waals surface area contributed by atoms with Crippen molar-refractivity contribution in [3.63, 3.8) is 0 Å². The molecule has 4 heterocycles. The zero-order valence-electron chi connectivity index (χ0n) is 18.1. The molecule has 2 aromatic rings. The molecule has 0 saturated carbocycles. The van der Waals surface area contributed by atoms with Gasteiger partial charge in [0, 0.05) is 58.6 Å². The number of benzene rings is 1. The SMILES string of the molecule is Cl.O=C(c1cccc2c1C(=O)N(CC1CCCO1)C2)N1CCN(Cc2ccccn2)CC1. The van der Waals surface area contributed by atoms with E-state index in [9.17, 15) is 9.59 Å². The quantitative estimate of drug-likeness (QED) is 0.692. The minimum atomic E-state index is -0.0401. The minimum absolute atomic E-state index is 0. The highest BCUT2D eigenvalue weighted by molar-refractivity contribution is 6.09. The Labute approximate surface area is 194 Å². The summed E-state index contributed by atoms with van der Waals surface area (Å²) >= 11 is 0. The largest absolute Gasteiger partial charge is 0.376 e. The first-order chi connectivity index (χ1) is 15.2. The Morgan fingerprint density at radius 2 is 1.94 bits per heavy atom. The van der Waals surface area contributed by atoms with Crippen LogP contribution in [0.25, 0.3) is 0 Å². The standard InChI is InChI=1S/C24H28N4O3.ClH/c29-23(27-12-10-26(11-13-27)16-19-6-1-2-9-25-19)21-8-3-5-18-15-28(24(30)22(18)21)17-20-7-4-14-31-20;/h1-3,5-6,8-9,20H,4,7,10-17H2;1H. The molecule has 1 aromatic carbocycles. The summed E-state index contributed by atoms with van der Waals surface area (Å²) in [6.45, 7) is 5.65. The Balaban J connectivity index is 0.00000245. The second-order valence-corrected chi connectivity index (χ2v) is 8.55. The molecule has 0 radical (unpaired) electrons. The Bertz CT molecular complexity index is 957. The molecule has 5 rings (SSSR count). The van der Waals surface area contributed by atoms with Gasteiger partial charge in [0.2, 0.25) is 0 Å². The fourth-order valence-corrected chi connectivity index (χ4v) is 4.78. The predicted molar refractivity (Wildman–Crippen MR) is 123 cm³/mol. The fourth-order valence-electron chi connectivity index (χ4n) is 4.78. The maximum Gasteiger partial charge on any atom is 0.255 e. The van der Waals surface area contributed by atoms with Gasteiger partial charge in [-0.2, -0.15) is 0 Å². The third kappa shape index (κ3) is 4.65. The first-order valence-electron chi connectivity index (χ1n) is 11.1. The molecule has 0 N–H and O–H groups in total. The number of rotatable bonds is 5. The zero-order chi connectivity index (χ0) is 21.2. The van der Waals surface area contributed by atoms with E-state index in [4.69, 9.17) is 4.74 Å². The summed E-state index contributed by atoms with van der Waals surface area (Å²) in [6.07, 6.45) is 3.97. The highest BCUT2D eigenvalue weighted by atomic mass is 35.5. The van der Waals surface area contributed by atoms with Gasteiger partial charge in [-0.1, -0.05) is 18.2 Å². The van der Waals surface area contributed by atoms with Crippen LogP contribution in [-0.4, -0.2) is 76.9 Å². The molecule has 2 amide bonds. The second-order valence-electron chi connectivity index (χ2n) is 8.55. The monoisotopic (exact) mass is 456 g/mol.